The lowest BCUT2D eigenvalue weighted by atomic mass is 10.0. The molecule has 1 aliphatic rings. The van der Waals surface area contributed by atoms with Crippen LogP contribution in [0.1, 0.15) is 44.9 Å². The first kappa shape index (κ1) is 16.3. The van der Waals surface area contributed by atoms with Crippen molar-refractivity contribution in [3.63, 3.8) is 0 Å². The van der Waals surface area contributed by atoms with Crippen molar-refractivity contribution in [2.75, 3.05) is 18.6 Å². The Hall–Kier alpha value is -0.710. The fraction of sp³-hybridized carbons (Fsp3) is 0.857. The first-order chi connectivity index (χ1) is 9.15. The van der Waals surface area contributed by atoms with Gasteiger partial charge in [0.1, 0.15) is 0 Å². The number of hydrogen-bond donors (Lipinski definition) is 2. The number of hydrogen-bond acceptors (Lipinski definition) is 3. The predicted molar refractivity (Wildman–Crippen MR) is 78.3 cm³/mol. The highest BCUT2D eigenvalue weighted by molar-refractivity contribution is 7.98. The van der Waals surface area contributed by atoms with Crippen LogP contribution >= 0.6 is 11.8 Å². The van der Waals surface area contributed by atoms with Crippen molar-refractivity contribution < 1.29 is 14.7 Å². The Morgan fingerprint density at radius 3 is 2.47 bits per heavy atom. The summed E-state index contributed by atoms with van der Waals surface area (Å²) < 4.78 is 0. The van der Waals surface area contributed by atoms with Gasteiger partial charge in [0, 0.05) is 12.5 Å². The number of carboxylic acid groups (broad SMARTS) is 1. The normalized spacial score (nSPS) is 22.4. The van der Waals surface area contributed by atoms with Gasteiger partial charge in [-0.2, -0.15) is 11.8 Å². The maximum atomic E-state index is 11.8. The van der Waals surface area contributed by atoms with Crippen molar-refractivity contribution in [3.8, 4) is 0 Å². The number of rotatable bonds is 9. The van der Waals surface area contributed by atoms with Crippen LogP contribution in [0.2, 0.25) is 0 Å². The third-order valence-corrected chi connectivity index (χ3v) is 4.42. The Bertz CT molecular complexity index is 296. The Morgan fingerprint density at radius 2 is 1.84 bits per heavy atom. The number of carbonyl (C=O) groups excluding carboxylic acids is 1. The minimum Gasteiger partial charge on any atom is -0.481 e. The largest absolute Gasteiger partial charge is 0.481 e. The van der Waals surface area contributed by atoms with E-state index in [2.05, 4.69) is 11.6 Å². The minimum atomic E-state index is -0.760. The molecule has 1 aliphatic carbocycles. The van der Waals surface area contributed by atoms with Gasteiger partial charge in [0.15, 0.2) is 0 Å². The average molecular weight is 287 g/mol. The Kier molecular flexibility index (Phi) is 7.94. The smallest absolute Gasteiger partial charge is 0.306 e. The second kappa shape index (κ2) is 9.23. The second-order valence-corrected chi connectivity index (χ2v) is 6.23. The first-order valence-electron chi connectivity index (χ1n) is 7.14. The monoisotopic (exact) mass is 287 g/mol. The zero-order valence-electron chi connectivity index (χ0n) is 11.7. The lowest BCUT2D eigenvalue weighted by molar-refractivity contribution is -0.141. The van der Waals surface area contributed by atoms with Gasteiger partial charge in [-0.1, -0.05) is 12.8 Å². The van der Waals surface area contributed by atoms with Gasteiger partial charge in [-0.15, -0.1) is 0 Å². The van der Waals surface area contributed by atoms with Crippen molar-refractivity contribution in [1.82, 2.24) is 5.32 Å². The highest BCUT2D eigenvalue weighted by Crippen LogP contribution is 2.31. The quantitative estimate of drug-likeness (QED) is 0.640. The summed E-state index contributed by atoms with van der Waals surface area (Å²) in [5, 5.41) is 11.8. The van der Waals surface area contributed by atoms with Gasteiger partial charge >= 0.3 is 5.97 Å². The minimum absolute atomic E-state index is 0.0489. The summed E-state index contributed by atoms with van der Waals surface area (Å²) in [6.07, 6.45) is 8.64. The van der Waals surface area contributed by atoms with Crippen LogP contribution in [0.3, 0.4) is 0 Å². The highest BCUT2D eigenvalue weighted by Gasteiger charge is 2.33. The molecule has 0 aromatic carbocycles. The Morgan fingerprint density at radius 1 is 1.16 bits per heavy atom. The van der Waals surface area contributed by atoms with Gasteiger partial charge < -0.3 is 10.4 Å². The highest BCUT2D eigenvalue weighted by atomic mass is 32.2. The van der Waals surface area contributed by atoms with Crippen LogP contribution < -0.4 is 5.32 Å². The van der Waals surface area contributed by atoms with Crippen molar-refractivity contribution in [2.45, 2.75) is 44.9 Å². The van der Waals surface area contributed by atoms with Gasteiger partial charge in [0.2, 0.25) is 5.91 Å². The molecule has 19 heavy (non-hydrogen) atoms. The molecular weight excluding hydrogens is 262 g/mol. The molecule has 1 amide bonds. The van der Waals surface area contributed by atoms with Crippen LogP contribution in [-0.4, -0.2) is 35.5 Å². The van der Waals surface area contributed by atoms with E-state index in [9.17, 15) is 9.59 Å². The van der Waals surface area contributed by atoms with E-state index in [0.717, 1.165) is 25.8 Å². The van der Waals surface area contributed by atoms with E-state index < -0.39 is 5.97 Å². The fourth-order valence-corrected chi connectivity index (χ4v) is 3.02. The summed E-state index contributed by atoms with van der Waals surface area (Å²) in [6, 6.07) is 0. The molecule has 0 spiro atoms. The molecule has 0 aliphatic heterocycles. The summed E-state index contributed by atoms with van der Waals surface area (Å²) in [7, 11) is 0. The zero-order chi connectivity index (χ0) is 14.1. The lowest BCUT2D eigenvalue weighted by Gasteiger charge is -2.10. The molecule has 0 radical (unpaired) electrons. The van der Waals surface area contributed by atoms with E-state index in [4.69, 9.17) is 5.11 Å². The number of carboxylic acids is 1. The number of amides is 1. The standard InChI is InChI=1S/C14H25NO3S/c1-19-9-5-3-2-4-8-15-13(16)11-6-7-12(10-11)14(17)18/h11-12H,2-10H2,1H3,(H,15,16)(H,17,18)/t11-,12+/m1/s1. The molecule has 2 atom stereocenters. The van der Waals surface area contributed by atoms with E-state index in [0.29, 0.717) is 12.8 Å². The van der Waals surface area contributed by atoms with Gasteiger partial charge in [-0.05, 0) is 44.1 Å². The summed E-state index contributed by atoms with van der Waals surface area (Å²) in [5.41, 5.74) is 0. The third kappa shape index (κ3) is 6.32. The summed E-state index contributed by atoms with van der Waals surface area (Å²) in [5.74, 6) is 0.0993. The average Bonchev–Trinajstić information content (AvgIpc) is 2.87. The van der Waals surface area contributed by atoms with Crippen molar-refractivity contribution in [1.29, 1.82) is 0 Å². The number of carbonyl (C=O) groups is 2. The summed E-state index contributed by atoms with van der Waals surface area (Å²) >= 11 is 1.87. The Balaban J connectivity index is 2.04. The van der Waals surface area contributed by atoms with Gasteiger partial charge in [-0.25, -0.2) is 0 Å². The van der Waals surface area contributed by atoms with E-state index in [1.807, 2.05) is 11.8 Å². The van der Waals surface area contributed by atoms with Crippen LogP contribution in [-0.2, 0) is 9.59 Å². The van der Waals surface area contributed by atoms with Gasteiger partial charge in [0.05, 0.1) is 5.92 Å². The van der Waals surface area contributed by atoms with E-state index in [-0.39, 0.29) is 17.7 Å². The van der Waals surface area contributed by atoms with Crippen LogP contribution in [0.4, 0.5) is 0 Å². The predicted octanol–water partition coefficient (Wildman–Crippen LogP) is 2.53. The molecule has 0 heterocycles. The zero-order valence-corrected chi connectivity index (χ0v) is 12.5. The van der Waals surface area contributed by atoms with Gasteiger partial charge in [-0.3, -0.25) is 9.59 Å². The maximum absolute atomic E-state index is 11.8. The van der Waals surface area contributed by atoms with E-state index in [1.54, 1.807) is 0 Å². The lowest BCUT2D eigenvalue weighted by Crippen LogP contribution is -2.30. The van der Waals surface area contributed by atoms with Crippen LogP contribution in [0, 0.1) is 11.8 Å². The van der Waals surface area contributed by atoms with E-state index >= 15 is 0 Å². The fourth-order valence-electron chi connectivity index (χ4n) is 2.52. The summed E-state index contributed by atoms with van der Waals surface area (Å²) in [6.45, 7) is 0.729. The molecule has 1 saturated carbocycles. The molecule has 0 bridgehead atoms. The number of unbranched alkanes of at least 4 members (excludes halogenated alkanes) is 3. The number of nitrogens with one attached hydrogen (secondary N) is 1. The topological polar surface area (TPSA) is 66.4 Å². The molecule has 5 heteroatoms. The van der Waals surface area contributed by atoms with Crippen LogP contribution in [0.25, 0.3) is 0 Å². The molecule has 2 N–H and O–H groups in total. The molecule has 1 rings (SSSR count). The van der Waals surface area contributed by atoms with Crippen LogP contribution in [0.5, 0.6) is 0 Å². The molecule has 4 nitrogen and oxygen atoms in total. The van der Waals surface area contributed by atoms with Crippen molar-refractivity contribution >= 4 is 23.6 Å². The van der Waals surface area contributed by atoms with E-state index in [1.165, 1.54) is 18.6 Å². The van der Waals surface area contributed by atoms with Crippen molar-refractivity contribution in [2.24, 2.45) is 11.8 Å². The molecule has 0 saturated heterocycles. The summed E-state index contributed by atoms with van der Waals surface area (Å²) in [4.78, 5) is 22.7. The molecule has 0 unspecified atom stereocenters. The molecule has 110 valence electrons. The van der Waals surface area contributed by atoms with Gasteiger partial charge in [0.25, 0.3) is 0 Å². The maximum Gasteiger partial charge on any atom is 0.306 e. The first-order valence-corrected chi connectivity index (χ1v) is 8.54. The molecule has 1 fully saturated rings. The SMILES string of the molecule is CSCCCCCCNC(=O)[C@@H]1CC[C@H](C(=O)O)C1. The van der Waals surface area contributed by atoms with Crippen molar-refractivity contribution in [3.05, 3.63) is 0 Å². The third-order valence-electron chi connectivity index (χ3n) is 3.73. The molecule has 0 aromatic heterocycles. The van der Waals surface area contributed by atoms with Crippen LogP contribution in [0.15, 0.2) is 0 Å². The molecule has 0 aromatic rings. The molecular formula is C14H25NO3S. The number of aliphatic carboxylic acids is 1. The second-order valence-electron chi connectivity index (χ2n) is 5.24. The number of thioether (sulfide) groups is 1. The Labute approximate surface area is 119 Å².